The Morgan fingerprint density at radius 1 is 1.45 bits per heavy atom. The van der Waals surface area contributed by atoms with Gasteiger partial charge in [-0.1, -0.05) is 13.3 Å². The third-order valence-corrected chi connectivity index (χ3v) is 3.92. The van der Waals surface area contributed by atoms with Crippen molar-refractivity contribution in [3.05, 3.63) is 46.6 Å². The Labute approximate surface area is 119 Å². The van der Waals surface area contributed by atoms with Crippen LogP contribution in [-0.2, 0) is 6.42 Å². The van der Waals surface area contributed by atoms with Gasteiger partial charge in [0.2, 0.25) is 6.54 Å². The first-order chi connectivity index (χ1) is 9.71. The van der Waals surface area contributed by atoms with Crippen LogP contribution in [0.3, 0.4) is 0 Å². The SMILES string of the molecule is [C-]#[N+]CC[N+]1(c2ccc(N=[NH2+])c(CCC)c2)CC1[N+]#[C-]. The van der Waals surface area contributed by atoms with Crippen molar-refractivity contribution in [2.45, 2.75) is 25.9 Å². The quantitative estimate of drug-likeness (QED) is 0.355. The molecule has 0 spiro atoms. The fourth-order valence-corrected chi connectivity index (χ4v) is 2.72. The Morgan fingerprint density at radius 2 is 2.25 bits per heavy atom. The molecular formula is C15H19N5+2. The number of nitrogens with zero attached hydrogens (tertiary/aromatic N) is 4. The van der Waals surface area contributed by atoms with Crippen LogP contribution in [0.15, 0.2) is 23.3 Å². The lowest BCUT2D eigenvalue weighted by atomic mass is 10.1. The zero-order valence-electron chi connectivity index (χ0n) is 11.7. The molecule has 2 N–H and O–H groups in total. The molecule has 1 heterocycles. The summed E-state index contributed by atoms with van der Waals surface area (Å²) in [6, 6.07) is 6.04. The van der Waals surface area contributed by atoms with Gasteiger partial charge >= 0.3 is 6.17 Å². The average Bonchev–Trinajstić information content (AvgIpc) is 3.20. The van der Waals surface area contributed by atoms with Gasteiger partial charge < -0.3 is 4.85 Å². The van der Waals surface area contributed by atoms with E-state index in [1.807, 2.05) is 12.1 Å². The molecule has 1 aliphatic heterocycles. The van der Waals surface area contributed by atoms with Crippen LogP contribution in [0.1, 0.15) is 18.9 Å². The Morgan fingerprint density at radius 3 is 2.80 bits per heavy atom. The summed E-state index contributed by atoms with van der Waals surface area (Å²) in [6.07, 6.45) is 1.92. The van der Waals surface area contributed by atoms with E-state index in [1.165, 1.54) is 0 Å². The monoisotopic (exact) mass is 269 g/mol. The highest BCUT2D eigenvalue weighted by Gasteiger charge is 2.64. The number of hydrogen-bond acceptors (Lipinski definition) is 1. The summed E-state index contributed by atoms with van der Waals surface area (Å²) in [5.41, 5.74) is 8.48. The summed E-state index contributed by atoms with van der Waals surface area (Å²) in [5.74, 6) is 0. The lowest BCUT2D eigenvalue weighted by molar-refractivity contribution is -0.210. The third-order valence-electron chi connectivity index (χ3n) is 3.92. The zero-order chi connectivity index (χ0) is 14.6. The van der Waals surface area contributed by atoms with Crippen molar-refractivity contribution in [2.24, 2.45) is 5.11 Å². The molecule has 1 aromatic rings. The molecule has 20 heavy (non-hydrogen) atoms. The fraction of sp³-hybridized carbons (Fsp3) is 0.467. The smallest absolute Gasteiger partial charge is 0.311 e. The first kappa shape index (κ1) is 14.2. The van der Waals surface area contributed by atoms with Crippen molar-refractivity contribution in [1.82, 2.24) is 4.48 Å². The van der Waals surface area contributed by atoms with E-state index in [1.54, 1.807) is 0 Å². The number of hydrogen-bond donors (Lipinski definition) is 1. The van der Waals surface area contributed by atoms with Gasteiger partial charge in [-0.25, -0.2) is 13.1 Å². The van der Waals surface area contributed by atoms with Crippen molar-refractivity contribution in [3.63, 3.8) is 0 Å². The molecule has 0 aliphatic carbocycles. The first-order valence-corrected chi connectivity index (χ1v) is 6.82. The molecule has 2 unspecified atom stereocenters. The summed E-state index contributed by atoms with van der Waals surface area (Å²) in [7, 11) is 0. The van der Waals surface area contributed by atoms with E-state index >= 15 is 0 Å². The number of nitrogens with two attached hydrogens (primary N) is 1. The summed E-state index contributed by atoms with van der Waals surface area (Å²) < 4.78 is 0.618. The number of aryl methyl sites for hydroxylation is 1. The van der Waals surface area contributed by atoms with Crippen LogP contribution < -0.4 is 10.0 Å². The summed E-state index contributed by atoms with van der Waals surface area (Å²) in [6.45, 7) is 18.3. The molecule has 1 aromatic carbocycles. The molecule has 5 nitrogen and oxygen atoms in total. The van der Waals surface area contributed by atoms with Gasteiger partial charge in [-0.3, -0.25) is 4.85 Å². The van der Waals surface area contributed by atoms with Gasteiger partial charge in [0, 0.05) is 12.1 Å². The molecule has 1 aliphatic rings. The molecule has 0 radical (unpaired) electrons. The number of rotatable bonds is 6. The Kier molecular flexibility index (Phi) is 4.12. The predicted molar refractivity (Wildman–Crippen MR) is 77.8 cm³/mol. The van der Waals surface area contributed by atoms with Crippen molar-refractivity contribution in [3.8, 4) is 0 Å². The lowest BCUT2D eigenvalue weighted by Crippen LogP contribution is -2.31. The van der Waals surface area contributed by atoms with E-state index in [2.05, 4.69) is 27.8 Å². The molecule has 0 bridgehead atoms. The molecule has 102 valence electrons. The maximum atomic E-state index is 7.27. The van der Waals surface area contributed by atoms with Crippen molar-refractivity contribution in [2.75, 3.05) is 19.6 Å². The van der Waals surface area contributed by atoms with Gasteiger partial charge in [0.15, 0.2) is 6.54 Å². The third kappa shape index (κ3) is 2.41. The van der Waals surface area contributed by atoms with Crippen molar-refractivity contribution in [1.29, 1.82) is 0 Å². The summed E-state index contributed by atoms with van der Waals surface area (Å²) >= 11 is 0. The van der Waals surface area contributed by atoms with Crippen LogP contribution in [0.25, 0.3) is 9.69 Å². The average molecular weight is 269 g/mol. The molecular weight excluding hydrogens is 250 g/mol. The van der Waals surface area contributed by atoms with Crippen LogP contribution in [0.5, 0.6) is 0 Å². The summed E-state index contributed by atoms with van der Waals surface area (Å²) in [4.78, 5) is 7.11. The minimum atomic E-state index is -0.0353. The maximum absolute atomic E-state index is 7.27. The van der Waals surface area contributed by atoms with E-state index in [4.69, 9.17) is 18.7 Å². The van der Waals surface area contributed by atoms with Crippen molar-refractivity contribution >= 4 is 11.4 Å². The molecule has 0 amide bonds. The predicted octanol–water partition coefficient (Wildman–Crippen LogP) is 1.97. The van der Waals surface area contributed by atoms with Gasteiger partial charge in [0.25, 0.3) is 6.54 Å². The van der Waals surface area contributed by atoms with Gasteiger partial charge in [-0.2, -0.15) is 10.0 Å². The largest absolute Gasteiger partial charge is 0.401 e. The van der Waals surface area contributed by atoms with Crippen LogP contribution >= 0.6 is 0 Å². The zero-order valence-corrected chi connectivity index (χ0v) is 11.7. The van der Waals surface area contributed by atoms with Crippen LogP contribution in [-0.4, -0.2) is 25.8 Å². The normalized spacial score (nSPS) is 23.6. The molecule has 5 heteroatoms. The molecule has 1 fully saturated rings. The van der Waals surface area contributed by atoms with Crippen LogP contribution in [0, 0.1) is 13.1 Å². The Bertz CT molecular complexity index is 595. The Balaban J connectivity index is 2.36. The second kappa shape index (κ2) is 5.81. The van der Waals surface area contributed by atoms with E-state index in [0.717, 1.165) is 36.3 Å². The van der Waals surface area contributed by atoms with Gasteiger partial charge in [-0.05, 0) is 23.2 Å². The molecule has 2 rings (SSSR count). The van der Waals surface area contributed by atoms with Crippen LogP contribution in [0.2, 0.25) is 0 Å². The lowest BCUT2D eigenvalue weighted by Gasteiger charge is -2.14. The van der Waals surface area contributed by atoms with E-state index in [9.17, 15) is 0 Å². The Hall–Kier alpha value is -2.24. The van der Waals surface area contributed by atoms with Crippen LogP contribution in [0.4, 0.5) is 11.4 Å². The van der Waals surface area contributed by atoms with E-state index in [0.29, 0.717) is 17.6 Å². The van der Waals surface area contributed by atoms with E-state index in [-0.39, 0.29) is 6.17 Å². The second-order valence-corrected chi connectivity index (χ2v) is 5.12. The second-order valence-electron chi connectivity index (χ2n) is 5.12. The molecule has 0 saturated carbocycles. The summed E-state index contributed by atoms with van der Waals surface area (Å²) in [5, 5.41) is 3.82. The maximum Gasteiger partial charge on any atom is 0.401 e. The van der Waals surface area contributed by atoms with Gasteiger partial charge in [0.05, 0.1) is 0 Å². The first-order valence-electron chi connectivity index (χ1n) is 6.82. The molecule has 0 aromatic heterocycles. The minimum Gasteiger partial charge on any atom is -0.311 e. The van der Waals surface area contributed by atoms with Gasteiger partial charge in [-0.15, -0.1) is 0 Å². The van der Waals surface area contributed by atoms with Gasteiger partial charge in [0.1, 0.15) is 11.4 Å². The molecule has 1 saturated heterocycles. The topological polar surface area (TPSA) is 46.7 Å². The fourth-order valence-electron chi connectivity index (χ4n) is 2.72. The van der Waals surface area contributed by atoms with E-state index < -0.39 is 0 Å². The minimum absolute atomic E-state index is 0.0353. The highest BCUT2D eigenvalue weighted by molar-refractivity contribution is 5.59. The van der Waals surface area contributed by atoms with Crippen molar-refractivity contribution < 1.29 is 5.53 Å². The standard InChI is InChI=1S/C15H18N5/c1-4-5-12-10-13(6-7-14(12)19-16)20(9-8-17-2)11-15(20)18-3/h6-7,10,15-16H,4-5,8-9,11H2,1H3/q+1/p+1. The number of quaternary nitrogens is 1. The highest BCUT2D eigenvalue weighted by atomic mass is 15.6. The molecule has 2 atom stereocenters. The number of benzene rings is 1. The highest BCUT2D eigenvalue weighted by Crippen LogP contribution is 2.41.